The minimum atomic E-state index is -0.436. The number of amides is 2. The molecule has 6 heteroatoms. The Morgan fingerprint density at radius 3 is 2.60 bits per heavy atom. The van der Waals surface area contributed by atoms with Crippen molar-refractivity contribution in [1.29, 1.82) is 0 Å². The molecule has 2 aromatic rings. The van der Waals surface area contributed by atoms with Gasteiger partial charge in [0.2, 0.25) is 5.91 Å². The maximum Gasteiger partial charge on any atom is 0.286 e. The first-order valence-electron chi connectivity index (χ1n) is 6.13. The van der Waals surface area contributed by atoms with Gasteiger partial charge in [0.15, 0.2) is 0 Å². The topological polar surface area (TPSA) is 74.0 Å². The first-order chi connectivity index (χ1) is 9.66. The lowest BCUT2D eigenvalue weighted by molar-refractivity contribution is -0.121. The highest BCUT2D eigenvalue weighted by Gasteiger charge is 2.08. The Morgan fingerprint density at radius 1 is 1.10 bits per heavy atom. The number of aryl methyl sites for hydroxylation is 1. The maximum absolute atomic E-state index is 13.3. The van der Waals surface area contributed by atoms with Gasteiger partial charge < -0.3 is 4.98 Å². The second kappa shape index (κ2) is 6.51. The van der Waals surface area contributed by atoms with Crippen molar-refractivity contribution < 1.29 is 14.0 Å². The Labute approximate surface area is 115 Å². The molecule has 0 saturated heterocycles. The largest absolute Gasteiger partial charge is 0.357 e. The number of rotatable bonds is 4. The molecule has 0 radical (unpaired) electrons. The first-order valence-corrected chi connectivity index (χ1v) is 6.13. The van der Waals surface area contributed by atoms with E-state index < -0.39 is 5.91 Å². The van der Waals surface area contributed by atoms with Crippen LogP contribution in [0.1, 0.15) is 22.5 Å². The number of hydrogen-bond acceptors (Lipinski definition) is 2. The molecule has 0 aliphatic rings. The summed E-state index contributed by atoms with van der Waals surface area (Å²) in [5, 5.41) is 0. The number of aromatic nitrogens is 1. The summed E-state index contributed by atoms with van der Waals surface area (Å²) in [6.07, 6.45) is 1.97. The van der Waals surface area contributed by atoms with Crippen LogP contribution in [0.3, 0.4) is 0 Å². The highest BCUT2D eigenvalue weighted by Crippen LogP contribution is 2.08. The van der Waals surface area contributed by atoms with Crippen LogP contribution in [-0.4, -0.2) is 16.8 Å². The van der Waals surface area contributed by atoms with Gasteiger partial charge in [-0.2, -0.15) is 0 Å². The highest BCUT2D eigenvalue weighted by molar-refractivity contribution is 5.93. The molecule has 1 aromatic heterocycles. The molecule has 1 aromatic carbocycles. The zero-order valence-electron chi connectivity index (χ0n) is 10.7. The molecule has 0 spiro atoms. The number of hydrogen-bond donors (Lipinski definition) is 3. The molecule has 104 valence electrons. The van der Waals surface area contributed by atoms with Crippen LogP contribution in [0.25, 0.3) is 0 Å². The van der Waals surface area contributed by atoms with E-state index in [1.54, 1.807) is 36.5 Å². The number of carbonyl (C=O) groups is 2. The molecule has 1 heterocycles. The van der Waals surface area contributed by atoms with E-state index in [4.69, 9.17) is 0 Å². The van der Waals surface area contributed by atoms with E-state index in [0.717, 1.165) is 0 Å². The van der Waals surface area contributed by atoms with Crippen LogP contribution in [-0.2, 0) is 11.2 Å². The summed E-state index contributed by atoms with van der Waals surface area (Å²) in [6, 6.07) is 9.54. The molecule has 20 heavy (non-hydrogen) atoms. The first kappa shape index (κ1) is 13.8. The Kier molecular flexibility index (Phi) is 4.49. The second-order valence-corrected chi connectivity index (χ2v) is 4.18. The van der Waals surface area contributed by atoms with Crippen molar-refractivity contribution in [3.05, 3.63) is 59.7 Å². The van der Waals surface area contributed by atoms with Gasteiger partial charge in [0.25, 0.3) is 5.91 Å². The Morgan fingerprint density at radius 2 is 1.90 bits per heavy atom. The van der Waals surface area contributed by atoms with E-state index in [1.165, 1.54) is 6.07 Å². The van der Waals surface area contributed by atoms with Crippen LogP contribution >= 0.6 is 0 Å². The third-order valence-electron chi connectivity index (χ3n) is 2.74. The molecular formula is C14H14FN3O2. The fourth-order valence-electron chi connectivity index (χ4n) is 1.68. The summed E-state index contributed by atoms with van der Waals surface area (Å²) in [5.74, 6) is -1.15. The zero-order chi connectivity index (χ0) is 14.4. The number of aromatic amines is 1. The number of nitrogens with one attached hydrogen (secondary N) is 3. The van der Waals surface area contributed by atoms with Crippen LogP contribution in [0.5, 0.6) is 0 Å². The fraction of sp³-hybridized carbons (Fsp3) is 0.143. The summed E-state index contributed by atoms with van der Waals surface area (Å²) in [6.45, 7) is 0. The van der Waals surface area contributed by atoms with Gasteiger partial charge in [-0.25, -0.2) is 4.39 Å². The van der Waals surface area contributed by atoms with Crippen molar-refractivity contribution in [3.8, 4) is 0 Å². The zero-order valence-corrected chi connectivity index (χ0v) is 10.7. The summed E-state index contributed by atoms with van der Waals surface area (Å²) < 4.78 is 13.3. The van der Waals surface area contributed by atoms with Crippen molar-refractivity contribution in [3.63, 3.8) is 0 Å². The third-order valence-corrected chi connectivity index (χ3v) is 2.74. The summed E-state index contributed by atoms with van der Waals surface area (Å²) in [4.78, 5) is 25.8. The van der Waals surface area contributed by atoms with Gasteiger partial charge in [0, 0.05) is 12.6 Å². The quantitative estimate of drug-likeness (QED) is 0.741. The molecule has 0 bridgehead atoms. The van der Waals surface area contributed by atoms with Crippen LogP contribution in [0, 0.1) is 5.82 Å². The minimum absolute atomic E-state index is 0.0892. The predicted octanol–water partition coefficient (Wildman–Crippen LogP) is 1.55. The maximum atomic E-state index is 13.3. The molecule has 0 unspecified atom stereocenters. The van der Waals surface area contributed by atoms with Gasteiger partial charge in [-0.15, -0.1) is 0 Å². The van der Waals surface area contributed by atoms with Crippen molar-refractivity contribution in [2.24, 2.45) is 0 Å². The Bertz CT molecular complexity index is 596. The summed E-state index contributed by atoms with van der Waals surface area (Å²) in [7, 11) is 0. The lowest BCUT2D eigenvalue weighted by Crippen LogP contribution is -2.41. The number of halogens is 1. The van der Waals surface area contributed by atoms with E-state index in [9.17, 15) is 14.0 Å². The van der Waals surface area contributed by atoms with E-state index in [0.29, 0.717) is 11.3 Å². The molecule has 0 aliphatic carbocycles. The van der Waals surface area contributed by atoms with E-state index in [1.807, 2.05) is 0 Å². The number of H-pyrrole nitrogens is 1. The molecule has 0 aliphatic heterocycles. The third kappa shape index (κ3) is 3.68. The molecular weight excluding hydrogens is 261 g/mol. The SMILES string of the molecule is O=C(CCc1ccccc1F)NNC(=O)c1ccc[nH]1. The molecule has 5 nitrogen and oxygen atoms in total. The lowest BCUT2D eigenvalue weighted by Gasteiger charge is -2.06. The van der Waals surface area contributed by atoms with Crippen molar-refractivity contribution in [1.82, 2.24) is 15.8 Å². The van der Waals surface area contributed by atoms with Crippen LogP contribution in [0.4, 0.5) is 4.39 Å². The van der Waals surface area contributed by atoms with Crippen molar-refractivity contribution in [2.75, 3.05) is 0 Å². The van der Waals surface area contributed by atoms with Gasteiger partial charge >= 0.3 is 0 Å². The highest BCUT2D eigenvalue weighted by atomic mass is 19.1. The molecule has 2 rings (SSSR count). The normalized spacial score (nSPS) is 10.1. The summed E-state index contributed by atoms with van der Waals surface area (Å²) in [5.41, 5.74) is 5.37. The monoisotopic (exact) mass is 275 g/mol. The van der Waals surface area contributed by atoms with E-state index in [-0.39, 0.29) is 24.6 Å². The molecule has 0 saturated carbocycles. The van der Waals surface area contributed by atoms with Gasteiger partial charge in [-0.05, 0) is 30.2 Å². The second-order valence-electron chi connectivity index (χ2n) is 4.18. The minimum Gasteiger partial charge on any atom is -0.357 e. The smallest absolute Gasteiger partial charge is 0.286 e. The molecule has 3 N–H and O–H groups in total. The average molecular weight is 275 g/mol. The van der Waals surface area contributed by atoms with Crippen molar-refractivity contribution >= 4 is 11.8 Å². The van der Waals surface area contributed by atoms with Crippen LogP contribution in [0.15, 0.2) is 42.6 Å². The Balaban J connectivity index is 1.76. The number of benzene rings is 1. The Hall–Kier alpha value is -2.63. The molecule has 2 amide bonds. The van der Waals surface area contributed by atoms with Gasteiger partial charge in [0.05, 0.1) is 0 Å². The van der Waals surface area contributed by atoms with Gasteiger partial charge in [0.1, 0.15) is 11.5 Å². The standard InChI is InChI=1S/C14H14FN3O2/c15-11-5-2-1-4-10(11)7-8-13(19)17-18-14(20)12-6-3-9-16-12/h1-6,9,16H,7-8H2,(H,17,19)(H,18,20). The number of carbonyl (C=O) groups excluding carboxylic acids is 2. The van der Waals surface area contributed by atoms with Crippen LogP contribution < -0.4 is 10.9 Å². The molecule has 0 fully saturated rings. The average Bonchev–Trinajstić information content (AvgIpc) is 2.98. The predicted molar refractivity (Wildman–Crippen MR) is 71.1 cm³/mol. The summed E-state index contributed by atoms with van der Waals surface area (Å²) >= 11 is 0. The fourth-order valence-corrected chi connectivity index (χ4v) is 1.68. The molecule has 0 atom stereocenters. The van der Waals surface area contributed by atoms with E-state index >= 15 is 0 Å². The number of hydrazine groups is 1. The lowest BCUT2D eigenvalue weighted by atomic mass is 10.1. The van der Waals surface area contributed by atoms with E-state index in [2.05, 4.69) is 15.8 Å². The van der Waals surface area contributed by atoms with Gasteiger partial charge in [-0.3, -0.25) is 20.4 Å². The van der Waals surface area contributed by atoms with Crippen molar-refractivity contribution in [2.45, 2.75) is 12.8 Å². The van der Waals surface area contributed by atoms with Gasteiger partial charge in [-0.1, -0.05) is 18.2 Å². The van der Waals surface area contributed by atoms with Crippen LogP contribution in [0.2, 0.25) is 0 Å².